The summed E-state index contributed by atoms with van der Waals surface area (Å²) in [6.45, 7) is 0.328. The molecule has 1 unspecified atom stereocenters. The van der Waals surface area contributed by atoms with Gasteiger partial charge in [-0.3, -0.25) is 9.36 Å². The van der Waals surface area contributed by atoms with Crippen LogP contribution < -0.4 is 14.2 Å². The van der Waals surface area contributed by atoms with Crippen LogP contribution in [0.2, 0.25) is 0 Å². The summed E-state index contributed by atoms with van der Waals surface area (Å²) in [4.78, 5) is 15.7. The number of benzene rings is 3. The Hall–Kier alpha value is -4.07. The number of imidazole rings is 1. The van der Waals surface area contributed by atoms with Crippen LogP contribution in [0.3, 0.4) is 0 Å². The third-order valence-corrected chi connectivity index (χ3v) is 6.75. The Bertz CT molecular complexity index is 1460. The fourth-order valence-corrected chi connectivity index (χ4v) is 5.04. The average Bonchev–Trinajstić information content (AvgIpc) is 3.53. The summed E-state index contributed by atoms with van der Waals surface area (Å²) < 4.78 is 34.9. The van der Waals surface area contributed by atoms with Crippen molar-refractivity contribution in [3.8, 4) is 23.3 Å². The molecular formula is C27H23FN2O5. The van der Waals surface area contributed by atoms with E-state index in [2.05, 4.69) is 4.98 Å². The number of ether oxygens (including phenoxy) is 3. The molecule has 1 aliphatic heterocycles. The van der Waals surface area contributed by atoms with Gasteiger partial charge in [-0.1, -0.05) is 18.2 Å². The average molecular weight is 474 g/mol. The van der Waals surface area contributed by atoms with Crippen molar-refractivity contribution < 1.29 is 28.5 Å². The van der Waals surface area contributed by atoms with Crippen LogP contribution in [-0.2, 0) is 18.3 Å². The minimum absolute atomic E-state index is 0.0166. The third-order valence-electron chi connectivity index (χ3n) is 6.75. The van der Waals surface area contributed by atoms with Crippen molar-refractivity contribution in [1.29, 1.82) is 0 Å². The first-order chi connectivity index (χ1) is 17.0. The number of aryl methyl sites for hydroxylation is 1. The standard InChI is InChI=1S/C27H23FN2O5/c1-30-21-5-3-2-4-20(21)29-27(30)35-22-11-9-19(28)26-18(22)8-10-23(26)34-16-6-7-17-15(12-25(31)32)14-33-24(17)13-16/h2-7,9,11,13,15,23H,8,10,12,14H2,1H3,(H,31,32)/t15?,23-/m1/s1. The number of carboxylic acids is 1. The smallest absolute Gasteiger partial charge is 0.304 e. The van der Waals surface area contributed by atoms with Crippen molar-refractivity contribution in [1.82, 2.24) is 9.55 Å². The molecule has 1 aliphatic carbocycles. The van der Waals surface area contributed by atoms with Crippen LogP contribution >= 0.6 is 0 Å². The van der Waals surface area contributed by atoms with Gasteiger partial charge in [0.1, 0.15) is 29.2 Å². The number of aromatic nitrogens is 2. The number of fused-ring (bicyclic) bond motifs is 3. The Labute approximate surface area is 200 Å². The van der Waals surface area contributed by atoms with E-state index in [1.54, 1.807) is 18.2 Å². The zero-order chi connectivity index (χ0) is 24.1. The first-order valence-electron chi connectivity index (χ1n) is 11.5. The molecule has 0 radical (unpaired) electrons. The molecule has 1 aromatic heterocycles. The van der Waals surface area contributed by atoms with Crippen molar-refractivity contribution in [3.63, 3.8) is 0 Å². The van der Waals surface area contributed by atoms with Crippen LogP contribution in [0.5, 0.6) is 23.3 Å². The summed E-state index contributed by atoms with van der Waals surface area (Å²) in [6, 6.07) is 16.6. The quantitative estimate of drug-likeness (QED) is 0.396. The van der Waals surface area contributed by atoms with Gasteiger partial charge in [-0.15, -0.1) is 0 Å². The molecule has 0 saturated carbocycles. The Morgan fingerprint density at radius 1 is 1.23 bits per heavy atom. The highest BCUT2D eigenvalue weighted by molar-refractivity contribution is 5.76. The van der Waals surface area contributed by atoms with E-state index in [4.69, 9.17) is 19.3 Å². The van der Waals surface area contributed by atoms with Crippen LogP contribution in [0.4, 0.5) is 4.39 Å². The molecule has 4 aromatic rings. The molecule has 3 aromatic carbocycles. The number of hydrogen-bond donors (Lipinski definition) is 1. The normalized spacial score (nSPS) is 18.2. The lowest BCUT2D eigenvalue weighted by atomic mass is 9.98. The predicted octanol–water partition coefficient (Wildman–Crippen LogP) is 5.52. The summed E-state index contributed by atoms with van der Waals surface area (Å²) in [5.41, 5.74) is 3.91. The van der Waals surface area contributed by atoms with E-state index in [1.807, 2.05) is 41.9 Å². The van der Waals surface area contributed by atoms with Crippen molar-refractivity contribution >= 4 is 17.0 Å². The zero-order valence-corrected chi connectivity index (χ0v) is 19.0. The van der Waals surface area contributed by atoms with E-state index in [0.717, 1.165) is 22.2 Å². The highest BCUT2D eigenvalue weighted by atomic mass is 19.1. The molecule has 2 heterocycles. The number of para-hydroxylation sites is 2. The fourth-order valence-electron chi connectivity index (χ4n) is 5.04. The van der Waals surface area contributed by atoms with Gasteiger partial charge < -0.3 is 19.3 Å². The molecule has 0 spiro atoms. The van der Waals surface area contributed by atoms with Gasteiger partial charge in [-0.2, -0.15) is 4.98 Å². The van der Waals surface area contributed by atoms with Crippen LogP contribution in [0.15, 0.2) is 54.6 Å². The summed E-state index contributed by atoms with van der Waals surface area (Å²) in [7, 11) is 1.89. The van der Waals surface area contributed by atoms with Gasteiger partial charge in [0, 0.05) is 35.7 Å². The minimum atomic E-state index is -0.860. The lowest BCUT2D eigenvalue weighted by Crippen LogP contribution is -2.07. The Balaban J connectivity index is 1.26. The van der Waals surface area contributed by atoms with Crippen LogP contribution in [0.1, 0.15) is 41.6 Å². The van der Waals surface area contributed by atoms with E-state index in [9.17, 15) is 9.18 Å². The summed E-state index contributed by atoms with van der Waals surface area (Å²) >= 11 is 0. The predicted molar refractivity (Wildman–Crippen MR) is 126 cm³/mol. The van der Waals surface area contributed by atoms with E-state index >= 15 is 0 Å². The van der Waals surface area contributed by atoms with Crippen molar-refractivity contribution in [2.75, 3.05) is 6.61 Å². The second-order valence-electron chi connectivity index (χ2n) is 8.93. The Kier molecular flexibility index (Phi) is 5.09. The van der Waals surface area contributed by atoms with Gasteiger partial charge in [0.25, 0.3) is 0 Å². The molecule has 178 valence electrons. The molecule has 7 nitrogen and oxygen atoms in total. The number of nitrogens with zero attached hydrogens (tertiary/aromatic N) is 2. The topological polar surface area (TPSA) is 82.8 Å². The molecule has 1 N–H and O–H groups in total. The number of halogens is 1. The first-order valence-corrected chi connectivity index (χ1v) is 11.5. The van der Waals surface area contributed by atoms with Crippen LogP contribution in [0.25, 0.3) is 11.0 Å². The van der Waals surface area contributed by atoms with Crippen LogP contribution in [0, 0.1) is 5.82 Å². The monoisotopic (exact) mass is 474 g/mol. The number of carboxylic acid groups (broad SMARTS) is 1. The van der Waals surface area contributed by atoms with Gasteiger partial charge in [0.15, 0.2) is 0 Å². The van der Waals surface area contributed by atoms with Crippen molar-refractivity contribution in [2.45, 2.75) is 31.3 Å². The van der Waals surface area contributed by atoms with Crippen molar-refractivity contribution in [2.24, 2.45) is 7.05 Å². The molecule has 0 saturated heterocycles. The van der Waals surface area contributed by atoms with E-state index in [0.29, 0.717) is 48.3 Å². The maximum Gasteiger partial charge on any atom is 0.304 e. The number of aliphatic carboxylic acids is 1. The second-order valence-corrected chi connectivity index (χ2v) is 8.93. The highest BCUT2D eigenvalue weighted by Crippen LogP contribution is 2.44. The molecule has 0 bridgehead atoms. The van der Waals surface area contributed by atoms with E-state index < -0.39 is 12.1 Å². The Morgan fingerprint density at radius 3 is 2.91 bits per heavy atom. The lowest BCUT2D eigenvalue weighted by Gasteiger charge is -2.17. The van der Waals surface area contributed by atoms with Gasteiger partial charge in [-0.25, -0.2) is 4.39 Å². The van der Waals surface area contributed by atoms with Gasteiger partial charge in [0.05, 0.1) is 24.1 Å². The van der Waals surface area contributed by atoms with Gasteiger partial charge in [-0.05, 0) is 43.2 Å². The SMILES string of the molecule is Cn1c(Oc2ccc(F)c3c2CC[C@H]3Oc2ccc3c(c2)OCC3CC(=O)O)nc2ccccc21. The summed E-state index contributed by atoms with van der Waals surface area (Å²) in [5.74, 6) is 0.369. The molecule has 0 fully saturated rings. The van der Waals surface area contributed by atoms with E-state index in [1.165, 1.54) is 6.07 Å². The maximum absolute atomic E-state index is 15.0. The number of carbonyl (C=O) groups is 1. The third kappa shape index (κ3) is 3.75. The van der Waals surface area contributed by atoms with Gasteiger partial charge >= 0.3 is 12.0 Å². The summed E-state index contributed by atoms with van der Waals surface area (Å²) in [6.07, 6.45) is 0.764. The van der Waals surface area contributed by atoms with E-state index in [-0.39, 0.29) is 18.2 Å². The molecule has 6 rings (SSSR count). The first kappa shape index (κ1) is 21.5. The van der Waals surface area contributed by atoms with Crippen molar-refractivity contribution in [3.05, 3.63) is 77.1 Å². The molecule has 8 heteroatoms. The lowest BCUT2D eigenvalue weighted by molar-refractivity contribution is -0.137. The molecule has 0 amide bonds. The maximum atomic E-state index is 15.0. The molecule has 35 heavy (non-hydrogen) atoms. The highest BCUT2D eigenvalue weighted by Gasteiger charge is 2.32. The second kappa shape index (κ2) is 8.30. The summed E-state index contributed by atoms with van der Waals surface area (Å²) in [5, 5.41) is 9.10. The molecule has 2 aliphatic rings. The largest absolute Gasteiger partial charge is 0.492 e. The number of hydrogen-bond acceptors (Lipinski definition) is 5. The Morgan fingerprint density at radius 2 is 2.09 bits per heavy atom. The zero-order valence-electron chi connectivity index (χ0n) is 19.0. The minimum Gasteiger partial charge on any atom is -0.492 e. The fraction of sp³-hybridized carbons (Fsp3) is 0.259. The van der Waals surface area contributed by atoms with Gasteiger partial charge in [0.2, 0.25) is 0 Å². The molecular weight excluding hydrogens is 451 g/mol. The number of rotatable bonds is 6. The molecule has 2 atom stereocenters. The van der Waals surface area contributed by atoms with Crippen LogP contribution in [-0.4, -0.2) is 27.2 Å².